The van der Waals surface area contributed by atoms with E-state index in [4.69, 9.17) is 4.74 Å². The second-order valence-corrected chi connectivity index (χ2v) is 6.39. The second kappa shape index (κ2) is 7.83. The minimum absolute atomic E-state index is 0.330. The zero-order valence-electron chi connectivity index (χ0n) is 15.1. The van der Waals surface area contributed by atoms with Crippen LogP contribution >= 0.6 is 0 Å². The Morgan fingerprint density at radius 3 is 2.32 bits per heavy atom. The smallest absolute Gasteiger partial charge is 0.239 e. The summed E-state index contributed by atoms with van der Waals surface area (Å²) in [6, 6.07) is 14.9. The van der Waals surface area contributed by atoms with Crippen LogP contribution in [0.25, 0.3) is 0 Å². The highest BCUT2D eigenvalue weighted by atomic mass is 16.5. The van der Waals surface area contributed by atoms with Crippen molar-refractivity contribution in [1.82, 2.24) is 5.32 Å². The third-order valence-electron chi connectivity index (χ3n) is 4.19. The summed E-state index contributed by atoms with van der Waals surface area (Å²) in [4.78, 5) is 25.1. The fourth-order valence-electron chi connectivity index (χ4n) is 2.33. The fraction of sp³-hybridized carbons (Fsp3) is 0.300. The molecular formula is C20H24N2O3. The van der Waals surface area contributed by atoms with Gasteiger partial charge in [0.1, 0.15) is 11.2 Å². The number of para-hydroxylation sites is 2. The van der Waals surface area contributed by atoms with Crippen LogP contribution in [0.3, 0.4) is 0 Å². The molecule has 2 N–H and O–H groups in total. The highest BCUT2D eigenvalue weighted by molar-refractivity contribution is 6.10. The lowest BCUT2D eigenvalue weighted by Crippen LogP contribution is -2.45. The molecule has 0 saturated carbocycles. The highest BCUT2D eigenvalue weighted by Crippen LogP contribution is 2.26. The van der Waals surface area contributed by atoms with E-state index in [2.05, 4.69) is 10.6 Å². The summed E-state index contributed by atoms with van der Waals surface area (Å²) in [6.07, 6.45) is 0. The van der Waals surface area contributed by atoms with Gasteiger partial charge in [-0.3, -0.25) is 9.59 Å². The molecule has 0 aromatic heterocycles. The maximum absolute atomic E-state index is 12.6. The van der Waals surface area contributed by atoms with Crippen molar-refractivity contribution in [3.05, 3.63) is 59.7 Å². The van der Waals surface area contributed by atoms with Gasteiger partial charge in [0.2, 0.25) is 11.8 Å². The third-order valence-corrected chi connectivity index (χ3v) is 4.19. The van der Waals surface area contributed by atoms with Gasteiger partial charge in [-0.1, -0.05) is 36.4 Å². The standard InChI is InChI=1S/C20H24N2O3/c1-14-9-5-6-10-15(14)13-21-18(23)20(2,3)19(24)22-16-11-7-8-12-17(16)25-4/h5-12H,13H2,1-4H3,(H,21,23)(H,22,24). The number of benzene rings is 2. The lowest BCUT2D eigenvalue weighted by molar-refractivity contribution is -0.138. The number of hydrogen-bond donors (Lipinski definition) is 2. The van der Waals surface area contributed by atoms with Crippen molar-refractivity contribution >= 4 is 17.5 Å². The fourth-order valence-corrected chi connectivity index (χ4v) is 2.33. The molecule has 0 saturated heterocycles. The van der Waals surface area contributed by atoms with Crippen LogP contribution < -0.4 is 15.4 Å². The van der Waals surface area contributed by atoms with E-state index in [-0.39, 0.29) is 11.8 Å². The molecule has 0 aliphatic rings. The molecule has 5 nitrogen and oxygen atoms in total. The molecule has 0 aliphatic carbocycles. The molecule has 132 valence electrons. The lowest BCUT2D eigenvalue weighted by atomic mass is 9.90. The molecule has 5 heteroatoms. The molecule has 0 radical (unpaired) electrons. The van der Waals surface area contributed by atoms with Gasteiger partial charge in [0, 0.05) is 6.54 Å². The van der Waals surface area contributed by atoms with Gasteiger partial charge in [0.15, 0.2) is 0 Å². The van der Waals surface area contributed by atoms with Crippen LogP contribution in [0, 0.1) is 12.3 Å². The van der Waals surface area contributed by atoms with Crippen molar-refractivity contribution in [2.45, 2.75) is 27.3 Å². The molecule has 2 aromatic rings. The lowest BCUT2D eigenvalue weighted by Gasteiger charge is -2.23. The molecule has 0 heterocycles. The molecule has 2 amide bonds. The quantitative estimate of drug-likeness (QED) is 0.793. The molecule has 25 heavy (non-hydrogen) atoms. The van der Waals surface area contributed by atoms with E-state index in [1.54, 1.807) is 32.0 Å². The summed E-state index contributed by atoms with van der Waals surface area (Å²) in [5.41, 5.74) is 1.44. The van der Waals surface area contributed by atoms with Crippen LogP contribution in [-0.4, -0.2) is 18.9 Å². The van der Waals surface area contributed by atoms with E-state index >= 15 is 0 Å². The van der Waals surface area contributed by atoms with Gasteiger partial charge in [0.25, 0.3) is 0 Å². The molecule has 0 fully saturated rings. The van der Waals surface area contributed by atoms with Gasteiger partial charge in [-0.15, -0.1) is 0 Å². The van der Waals surface area contributed by atoms with Gasteiger partial charge in [-0.05, 0) is 44.0 Å². The molecule has 2 aromatic carbocycles. The normalized spacial score (nSPS) is 10.9. The molecular weight excluding hydrogens is 316 g/mol. The summed E-state index contributed by atoms with van der Waals surface area (Å²) in [7, 11) is 1.53. The number of ether oxygens (including phenoxy) is 1. The van der Waals surface area contributed by atoms with Crippen molar-refractivity contribution in [3.63, 3.8) is 0 Å². The Hall–Kier alpha value is -2.82. The number of carbonyl (C=O) groups excluding carboxylic acids is 2. The first-order valence-corrected chi connectivity index (χ1v) is 8.13. The average molecular weight is 340 g/mol. The minimum atomic E-state index is -1.22. The predicted octanol–water partition coefficient (Wildman–Crippen LogP) is 3.28. The number of rotatable bonds is 6. The van der Waals surface area contributed by atoms with Crippen molar-refractivity contribution in [2.75, 3.05) is 12.4 Å². The Bertz CT molecular complexity index is 769. The Morgan fingerprint density at radius 1 is 1.00 bits per heavy atom. The van der Waals surface area contributed by atoms with Gasteiger partial charge >= 0.3 is 0 Å². The first-order valence-electron chi connectivity index (χ1n) is 8.13. The third kappa shape index (κ3) is 4.38. The van der Waals surface area contributed by atoms with Crippen LogP contribution in [0.4, 0.5) is 5.69 Å². The second-order valence-electron chi connectivity index (χ2n) is 6.39. The predicted molar refractivity (Wildman–Crippen MR) is 98.4 cm³/mol. The van der Waals surface area contributed by atoms with E-state index in [0.717, 1.165) is 11.1 Å². The molecule has 0 aliphatic heterocycles. The molecule has 0 spiro atoms. The van der Waals surface area contributed by atoms with Gasteiger partial charge in [-0.25, -0.2) is 0 Å². The zero-order valence-corrected chi connectivity index (χ0v) is 15.1. The SMILES string of the molecule is COc1ccccc1NC(=O)C(C)(C)C(=O)NCc1ccccc1C. The van der Waals surface area contributed by atoms with Crippen molar-refractivity contribution < 1.29 is 14.3 Å². The Labute approximate surface area is 148 Å². The van der Waals surface area contributed by atoms with E-state index < -0.39 is 5.41 Å². The molecule has 0 unspecified atom stereocenters. The van der Waals surface area contributed by atoms with Gasteiger partial charge in [-0.2, -0.15) is 0 Å². The Balaban J connectivity index is 2.04. The monoisotopic (exact) mass is 340 g/mol. The minimum Gasteiger partial charge on any atom is -0.495 e. The van der Waals surface area contributed by atoms with E-state index in [1.807, 2.05) is 37.3 Å². The van der Waals surface area contributed by atoms with Crippen molar-refractivity contribution in [1.29, 1.82) is 0 Å². The average Bonchev–Trinajstić information content (AvgIpc) is 2.61. The molecule has 2 rings (SSSR count). The van der Waals surface area contributed by atoms with Crippen LogP contribution in [0.5, 0.6) is 5.75 Å². The number of nitrogens with one attached hydrogen (secondary N) is 2. The number of aryl methyl sites for hydroxylation is 1. The van der Waals surface area contributed by atoms with Crippen molar-refractivity contribution in [2.24, 2.45) is 5.41 Å². The molecule has 0 bridgehead atoms. The largest absolute Gasteiger partial charge is 0.495 e. The van der Waals surface area contributed by atoms with Crippen LogP contribution in [0.2, 0.25) is 0 Å². The number of methoxy groups -OCH3 is 1. The Kier molecular flexibility index (Phi) is 5.80. The summed E-state index contributed by atoms with van der Waals surface area (Å²) in [6.45, 7) is 5.58. The summed E-state index contributed by atoms with van der Waals surface area (Å²) in [5, 5.41) is 5.61. The number of hydrogen-bond acceptors (Lipinski definition) is 3. The van der Waals surface area contributed by atoms with E-state index in [1.165, 1.54) is 7.11 Å². The summed E-state index contributed by atoms with van der Waals surface area (Å²) < 4.78 is 5.22. The first-order chi connectivity index (χ1) is 11.9. The van der Waals surface area contributed by atoms with E-state index in [0.29, 0.717) is 18.0 Å². The van der Waals surface area contributed by atoms with Crippen LogP contribution in [-0.2, 0) is 16.1 Å². The topological polar surface area (TPSA) is 67.4 Å². The van der Waals surface area contributed by atoms with E-state index in [9.17, 15) is 9.59 Å². The summed E-state index contributed by atoms with van der Waals surface area (Å²) >= 11 is 0. The molecule has 0 atom stereocenters. The highest BCUT2D eigenvalue weighted by Gasteiger charge is 2.36. The van der Waals surface area contributed by atoms with Crippen LogP contribution in [0.15, 0.2) is 48.5 Å². The zero-order chi connectivity index (χ0) is 18.4. The summed E-state index contributed by atoms with van der Waals surface area (Å²) in [5.74, 6) is -0.172. The Morgan fingerprint density at radius 2 is 1.64 bits per heavy atom. The van der Waals surface area contributed by atoms with Gasteiger partial charge in [0.05, 0.1) is 12.8 Å². The number of anilines is 1. The number of carbonyl (C=O) groups is 2. The maximum atomic E-state index is 12.6. The van der Waals surface area contributed by atoms with Crippen LogP contribution in [0.1, 0.15) is 25.0 Å². The van der Waals surface area contributed by atoms with Gasteiger partial charge < -0.3 is 15.4 Å². The van der Waals surface area contributed by atoms with Crippen molar-refractivity contribution in [3.8, 4) is 5.75 Å². The first kappa shape index (κ1) is 18.5. The number of amides is 2. The maximum Gasteiger partial charge on any atom is 0.239 e.